The van der Waals surface area contributed by atoms with Gasteiger partial charge in [-0.05, 0) is 38.5 Å². The summed E-state index contributed by atoms with van der Waals surface area (Å²) in [4.78, 5) is 0. The topological polar surface area (TPSA) is 0 Å². The smallest absolute Gasteiger partial charge is 0.0313 e. The van der Waals surface area contributed by atoms with Gasteiger partial charge >= 0.3 is 0 Å². The summed E-state index contributed by atoms with van der Waals surface area (Å²) >= 11 is 0. The average Bonchev–Trinajstić information content (AvgIpc) is 2.22. The Kier molecular flexibility index (Phi) is 6.74. The molecule has 0 radical (unpaired) electrons. The van der Waals surface area contributed by atoms with Crippen molar-refractivity contribution in [3.05, 3.63) is 48.6 Å². The van der Waals surface area contributed by atoms with Crippen molar-refractivity contribution in [1.29, 1.82) is 0 Å². The monoisotopic (exact) mass is 188 g/mol. The third-order valence-corrected chi connectivity index (χ3v) is 2.26. The number of allylic oxidation sites excluding steroid dienone is 8. The zero-order chi connectivity index (χ0) is 9.90. The molecule has 0 bridgehead atoms. The second-order valence-electron chi connectivity index (χ2n) is 3.57. The van der Waals surface area contributed by atoms with Gasteiger partial charge in [-0.2, -0.15) is 0 Å². The average molecular weight is 188 g/mol. The van der Waals surface area contributed by atoms with Crippen molar-refractivity contribution < 1.29 is 0 Å². The van der Waals surface area contributed by atoms with E-state index in [-0.39, 0.29) is 0 Å². The van der Waals surface area contributed by atoms with Crippen LogP contribution >= 0.6 is 0 Å². The van der Waals surface area contributed by atoms with Crippen LogP contribution in [0.25, 0.3) is 0 Å². The maximum Gasteiger partial charge on any atom is -0.0313 e. The minimum absolute atomic E-state index is 1.16. The van der Waals surface area contributed by atoms with Crippen LogP contribution in [0.4, 0.5) is 0 Å². The fourth-order valence-corrected chi connectivity index (χ4v) is 1.43. The molecule has 0 aromatic heterocycles. The van der Waals surface area contributed by atoms with Gasteiger partial charge in [-0.3, -0.25) is 0 Å². The normalized spacial score (nSPS) is 26.3. The van der Waals surface area contributed by atoms with Gasteiger partial charge in [0.2, 0.25) is 0 Å². The zero-order valence-corrected chi connectivity index (χ0v) is 8.86. The van der Waals surface area contributed by atoms with Crippen molar-refractivity contribution in [3.63, 3.8) is 0 Å². The van der Waals surface area contributed by atoms with Gasteiger partial charge in [0.15, 0.2) is 0 Å². The van der Waals surface area contributed by atoms with E-state index in [9.17, 15) is 0 Å². The first-order valence-electron chi connectivity index (χ1n) is 5.63. The Balaban J connectivity index is 2.35. The lowest BCUT2D eigenvalue weighted by atomic mass is 10.1. The molecule has 0 saturated heterocycles. The molecule has 0 saturated carbocycles. The summed E-state index contributed by atoms with van der Waals surface area (Å²) in [7, 11) is 0. The third kappa shape index (κ3) is 6.47. The van der Waals surface area contributed by atoms with Crippen molar-refractivity contribution in [2.45, 2.75) is 38.5 Å². The maximum absolute atomic E-state index is 2.32. The Labute approximate surface area is 87.7 Å². The lowest BCUT2D eigenvalue weighted by Gasteiger charge is -1.93. The Bertz CT molecular complexity index is 228. The van der Waals surface area contributed by atoms with Gasteiger partial charge < -0.3 is 0 Å². The lowest BCUT2D eigenvalue weighted by Crippen LogP contribution is -1.73. The van der Waals surface area contributed by atoms with Gasteiger partial charge in [0.05, 0.1) is 0 Å². The standard InChI is InChI=1S/C14H20/c1-2-4-6-8-10-12-14-13-11-9-7-5-3-1/h1-6,11,13H,7-10,12,14H2/b2-1+,5-3-,6-4-,13-11?. The predicted octanol–water partition coefficient (Wildman–Crippen LogP) is 4.57. The molecule has 1 rings (SSSR count). The highest BCUT2D eigenvalue weighted by Crippen LogP contribution is 2.03. The molecule has 0 N–H and O–H groups in total. The van der Waals surface area contributed by atoms with Gasteiger partial charge in [-0.15, -0.1) is 0 Å². The van der Waals surface area contributed by atoms with Crippen molar-refractivity contribution >= 4 is 0 Å². The Morgan fingerprint density at radius 2 is 0.929 bits per heavy atom. The molecule has 0 spiro atoms. The minimum atomic E-state index is 1.16. The van der Waals surface area contributed by atoms with E-state index in [1.807, 2.05) is 0 Å². The summed E-state index contributed by atoms with van der Waals surface area (Å²) in [5.74, 6) is 0. The van der Waals surface area contributed by atoms with Crippen LogP contribution in [0, 0.1) is 0 Å². The SMILES string of the molecule is C1=CCCCC\C=C/C=C/C=C\CC1. The van der Waals surface area contributed by atoms with Gasteiger partial charge in [-0.1, -0.05) is 48.6 Å². The fraction of sp³-hybridized carbons (Fsp3) is 0.429. The van der Waals surface area contributed by atoms with Crippen LogP contribution in [0.1, 0.15) is 38.5 Å². The van der Waals surface area contributed by atoms with E-state index in [0.717, 1.165) is 6.42 Å². The molecule has 0 aromatic carbocycles. The molecule has 0 heterocycles. The van der Waals surface area contributed by atoms with Crippen molar-refractivity contribution in [1.82, 2.24) is 0 Å². The first-order chi connectivity index (χ1) is 7.00. The summed E-state index contributed by atoms with van der Waals surface area (Å²) in [5, 5.41) is 0. The summed E-state index contributed by atoms with van der Waals surface area (Å²) < 4.78 is 0. The van der Waals surface area contributed by atoms with E-state index < -0.39 is 0 Å². The lowest BCUT2D eigenvalue weighted by molar-refractivity contribution is 0.760. The highest BCUT2D eigenvalue weighted by Gasteiger charge is 1.83. The van der Waals surface area contributed by atoms with Crippen molar-refractivity contribution in [3.8, 4) is 0 Å². The summed E-state index contributed by atoms with van der Waals surface area (Å²) in [5.41, 5.74) is 0. The molecule has 0 heteroatoms. The summed E-state index contributed by atoms with van der Waals surface area (Å²) in [6, 6.07) is 0. The van der Waals surface area contributed by atoms with Gasteiger partial charge in [0, 0.05) is 0 Å². The molecule has 0 atom stereocenters. The van der Waals surface area contributed by atoms with Crippen LogP contribution in [0.15, 0.2) is 48.6 Å². The Hall–Kier alpha value is -1.04. The Morgan fingerprint density at radius 3 is 1.71 bits per heavy atom. The fourth-order valence-electron chi connectivity index (χ4n) is 1.43. The molecule has 0 aromatic rings. The van der Waals surface area contributed by atoms with Crippen LogP contribution in [0.3, 0.4) is 0 Å². The van der Waals surface area contributed by atoms with E-state index in [4.69, 9.17) is 0 Å². The molecular weight excluding hydrogens is 168 g/mol. The van der Waals surface area contributed by atoms with Crippen LogP contribution in [0.2, 0.25) is 0 Å². The second-order valence-corrected chi connectivity index (χ2v) is 3.57. The van der Waals surface area contributed by atoms with Gasteiger partial charge in [-0.25, -0.2) is 0 Å². The molecule has 1 aliphatic carbocycles. The minimum Gasteiger partial charge on any atom is -0.0885 e. The van der Waals surface area contributed by atoms with Crippen LogP contribution in [-0.4, -0.2) is 0 Å². The molecule has 0 unspecified atom stereocenters. The van der Waals surface area contributed by atoms with E-state index in [1.54, 1.807) is 0 Å². The predicted molar refractivity (Wildman–Crippen MR) is 64.3 cm³/mol. The van der Waals surface area contributed by atoms with E-state index in [0.29, 0.717) is 0 Å². The molecule has 0 aliphatic heterocycles. The highest BCUT2D eigenvalue weighted by atomic mass is 13.9. The summed E-state index contributed by atoms with van der Waals surface area (Å²) in [6.07, 6.45) is 25.0. The van der Waals surface area contributed by atoms with Crippen molar-refractivity contribution in [2.75, 3.05) is 0 Å². The molecule has 0 amide bonds. The van der Waals surface area contributed by atoms with Crippen LogP contribution in [-0.2, 0) is 0 Å². The zero-order valence-electron chi connectivity index (χ0n) is 8.86. The molecule has 1 aliphatic rings. The molecule has 14 heavy (non-hydrogen) atoms. The third-order valence-electron chi connectivity index (χ3n) is 2.26. The van der Waals surface area contributed by atoms with Gasteiger partial charge in [0.1, 0.15) is 0 Å². The largest absolute Gasteiger partial charge is 0.0885 e. The summed E-state index contributed by atoms with van der Waals surface area (Å²) in [6.45, 7) is 0. The molecular formula is C14H20. The van der Waals surface area contributed by atoms with Gasteiger partial charge in [0.25, 0.3) is 0 Å². The van der Waals surface area contributed by atoms with E-state index in [1.165, 1.54) is 32.1 Å². The second kappa shape index (κ2) is 8.55. The first kappa shape index (κ1) is 11.0. The highest BCUT2D eigenvalue weighted by molar-refractivity contribution is 5.11. The number of rotatable bonds is 0. The Morgan fingerprint density at radius 1 is 0.429 bits per heavy atom. The quantitative estimate of drug-likeness (QED) is 0.489. The number of hydrogen-bond donors (Lipinski definition) is 0. The molecule has 0 nitrogen and oxygen atoms in total. The molecule has 76 valence electrons. The number of hydrogen-bond acceptors (Lipinski definition) is 0. The molecule has 0 fully saturated rings. The van der Waals surface area contributed by atoms with Crippen LogP contribution < -0.4 is 0 Å². The van der Waals surface area contributed by atoms with Crippen LogP contribution in [0.5, 0.6) is 0 Å². The van der Waals surface area contributed by atoms with E-state index >= 15 is 0 Å². The van der Waals surface area contributed by atoms with Crippen molar-refractivity contribution in [2.24, 2.45) is 0 Å². The maximum atomic E-state index is 2.32. The van der Waals surface area contributed by atoms with E-state index in [2.05, 4.69) is 48.6 Å². The first-order valence-corrected chi connectivity index (χ1v) is 5.63.